The van der Waals surface area contributed by atoms with E-state index in [2.05, 4.69) is 15.5 Å². The van der Waals surface area contributed by atoms with Gasteiger partial charge in [-0.05, 0) is 55.1 Å². The molecule has 0 radical (unpaired) electrons. The number of amides is 1. The van der Waals surface area contributed by atoms with Gasteiger partial charge in [0.1, 0.15) is 16.3 Å². The predicted molar refractivity (Wildman–Crippen MR) is 146 cm³/mol. The average Bonchev–Trinajstić information content (AvgIpc) is 2.86. The summed E-state index contributed by atoms with van der Waals surface area (Å²) in [5, 5.41) is 23.1. The Bertz CT molecular complexity index is 1710. The number of ether oxygens (including phenoxy) is 1. The van der Waals surface area contributed by atoms with Crippen molar-refractivity contribution in [2.45, 2.75) is 18.7 Å². The summed E-state index contributed by atoms with van der Waals surface area (Å²) in [7, 11) is -4.62. The SMILES string of the molecule is CCOc1ccc(Cl)c(NC(=O)c2cc3ccccc3c(N=Nc3cc(C)c(Cl)c(S(=O)(=O)O)c3)c2O)c1. The van der Waals surface area contributed by atoms with Crippen molar-refractivity contribution in [2.75, 3.05) is 11.9 Å². The van der Waals surface area contributed by atoms with Gasteiger partial charge in [-0.15, -0.1) is 5.11 Å². The number of nitrogens with one attached hydrogen (secondary N) is 1. The first kappa shape index (κ1) is 27.3. The largest absolute Gasteiger partial charge is 0.505 e. The molecule has 4 rings (SSSR count). The van der Waals surface area contributed by atoms with E-state index in [1.54, 1.807) is 49.4 Å². The third-order valence-electron chi connectivity index (χ3n) is 5.49. The van der Waals surface area contributed by atoms with Gasteiger partial charge in [0.2, 0.25) is 0 Å². The summed E-state index contributed by atoms with van der Waals surface area (Å²) in [6.07, 6.45) is 0. The second-order valence-corrected chi connectivity index (χ2v) is 10.3. The summed E-state index contributed by atoms with van der Waals surface area (Å²) in [5.41, 5.74) is 0.555. The van der Waals surface area contributed by atoms with Gasteiger partial charge in [-0.1, -0.05) is 47.5 Å². The third kappa shape index (κ3) is 5.73. The number of hydrogen-bond acceptors (Lipinski definition) is 7. The number of carbonyl (C=O) groups excluding carboxylic acids is 1. The van der Waals surface area contributed by atoms with Crippen molar-refractivity contribution in [1.82, 2.24) is 0 Å². The molecule has 4 aromatic carbocycles. The van der Waals surface area contributed by atoms with Gasteiger partial charge in [0, 0.05) is 11.5 Å². The Morgan fingerprint density at radius 1 is 1.05 bits per heavy atom. The molecule has 1 amide bonds. The van der Waals surface area contributed by atoms with Crippen LogP contribution in [0.5, 0.6) is 11.5 Å². The number of aryl methyl sites for hydroxylation is 1. The molecule has 0 saturated heterocycles. The molecule has 0 saturated carbocycles. The molecule has 4 aromatic rings. The molecule has 196 valence electrons. The first-order valence-electron chi connectivity index (χ1n) is 11.2. The number of phenolic OH excluding ortho intramolecular Hbond substituents is 1. The van der Waals surface area contributed by atoms with Crippen LogP contribution in [0.3, 0.4) is 0 Å². The number of halogens is 2. The summed E-state index contributed by atoms with van der Waals surface area (Å²) in [6, 6.07) is 15.7. The fourth-order valence-electron chi connectivity index (χ4n) is 3.71. The summed E-state index contributed by atoms with van der Waals surface area (Å²) in [4.78, 5) is 12.7. The van der Waals surface area contributed by atoms with Crippen LogP contribution in [-0.2, 0) is 10.1 Å². The summed E-state index contributed by atoms with van der Waals surface area (Å²) < 4.78 is 38.4. The highest BCUT2D eigenvalue weighted by Crippen LogP contribution is 2.40. The Balaban J connectivity index is 1.79. The molecule has 0 spiro atoms. The third-order valence-corrected chi connectivity index (χ3v) is 7.31. The highest BCUT2D eigenvalue weighted by Gasteiger charge is 2.21. The van der Waals surface area contributed by atoms with Crippen LogP contribution in [0, 0.1) is 6.92 Å². The molecule has 38 heavy (non-hydrogen) atoms. The fourth-order valence-corrected chi connectivity index (χ4v) is 4.93. The number of rotatable bonds is 7. The van der Waals surface area contributed by atoms with E-state index in [0.29, 0.717) is 28.7 Å². The highest BCUT2D eigenvalue weighted by molar-refractivity contribution is 7.86. The summed E-state index contributed by atoms with van der Waals surface area (Å²) in [6.45, 7) is 3.79. The van der Waals surface area contributed by atoms with Crippen LogP contribution in [0.15, 0.2) is 75.8 Å². The standard InChI is InChI=1S/C26H21Cl2N3O6S/c1-3-37-17-8-9-20(27)21(13-17)29-26(33)19-11-15-6-4-5-7-18(15)24(25(19)32)31-30-16-10-14(2)23(28)22(12-16)38(34,35)36/h4-13,32H,3H2,1-2H3,(H,29,33)(H,34,35,36). The molecule has 0 bridgehead atoms. The molecule has 9 nitrogen and oxygen atoms in total. The normalized spacial score (nSPS) is 11.7. The molecule has 0 aliphatic rings. The fraction of sp³-hybridized carbons (Fsp3) is 0.115. The van der Waals surface area contributed by atoms with Crippen molar-refractivity contribution >= 4 is 67.1 Å². The quantitative estimate of drug-likeness (QED) is 0.155. The Kier molecular flexibility index (Phi) is 7.89. The van der Waals surface area contributed by atoms with Crippen molar-refractivity contribution in [2.24, 2.45) is 10.2 Å². The van der Waals surface area contributed by atoms with E-state index in [0.717, 1.165) is 6.07 Å². The topological polar surface area (TPSA) is 138 Å². The second-order valence-electron chi connectivity index (χ2n) is 8.12. The molecular weight excluding hydrogens is 553 g/mol. The van der Waals surface area contributed by atoms with Gasteiger partial charge in [-0.25, -0.2) is 0 Å². The predicted octanol–water partition coefficient (Wildman–Crippen LogP) is 7.47. The zero-order chi connectivity index (χ0) is 27.6. The van der Waals surface area contributed by atoms with Crippen LogP contribution in [0.25, 0.3) is 10.8 Å². The number of hydrogen-bond donors (Lipinski definition) is 3. The van der Waals surface area contributed by atoms with Crippen molar-refractivity contribution in [3.63, 3.8) is 0 Å². The number of carbonyl (C=O) groups is 1. The lowest BCUT2D eigenvalue weighted by Crippen LogP contribution is -2.12. The van der Waals surface area contributed by atoms with Gasteiger partial charge >= 0.3 is 0 Å². The molecular formula is C26H21Cl2N3O6S. The first-order chi connectivity index (χ1) is 18.0. The van der Waals surface area contributed by atoms with Crippen LogP contribution in [0.2, 0.25) is 10.0 Å². The van der Waals surface area contributed by atoms with Gasteiger partial charge in [0.15, 0.2) is 5.75 Å². The lowest BCUT2D eigenvalue weighted by Gasteiger charge is -2.13. The molecule has 0 unspecified atom stereocenters. The summed E-state index contributed by atoms with van der Waals surface area (Å²) >= 11 is 12.3. The number of anilines is 1. The van der Waals surface area contributed by atoms with E-state index >= 15 is 0 Å². The Hall–Kier alpha value is -3.70. The molecule has 12 heteroatoms. The van der Waals surface area contributed by atoms with Gasteiger partial charge < -0.3 is 15.2 Å². The maximum absolute atomic E-state index is 13.2. The number of azo groups is 1. The van der Waals surface area contributed by atoms with Gasteiger partial charge in [0.05, 0.1) is 33.6 Å². The van der Waals surface area contributed by atoms with Crippen LogP contribution in [-0.4, -0.2) is 30.6 Å². The summed E-state index contributed by atoms with van der Waals surface area (Å²) in [5.74, 6) is -0.606. The van der Waals surface area contributed by atoms with Crippen LogP contribution >= 0.6 is 23.2 Å². The zero-order valence-electron chi connectivity index (χ0n) is 20.1. The maximum atomic E-state index is 13.2. The number of benzene rings is 4. The Morgan fingerprint density at radius 2 is 1.79 bits per heavy atom. The van der Waals surface area contributed by atoms with E-state index in [-0.39, 0.29) is 32.7 Å². The van der Waals surface area contributed by atoms with Crippen molar-refractivity contribution in [3.05, 3.63) is 81.8 Å². The van der Waals surface area contributed by atoms with Crippen LogP contribution < -0.4 is 10.1 Å². The van der Waals surface area contributed by atoms with E-state index in [1.165, 1.54) is 12.1 Å². The number of aromatic hydroxyl groups is 1. The molecule has 0 aliphatic heterocycles. The van der Waals surface area contributed by atoms with Crippen molar-refractivity contribution in [3.8, 4) is 11.5 Å². The van der Waals surface area contributed by atoms with E-state index in [4.69, 9.17) is 27.9 Å². The van der Waals surface area contributed by atoms with E-state index in [1.807, 2.05) is 6.92 Å². The van der Waals surface area contributed by atoms with Crippen molar-refractivity contribution < 1.29 is 27.6 Å². The van der Waals surface area contributed by atoms with Gasteiger partial charge in [-0.3, -0.25) is 9.35 Å². The molecule has 0 aromatic heterocycles. The van der Waals surface area contributed by atoms with Crippen LogP contribution in [0.4, 0.5) is 17.1 Å². The van der Waals surface area contributed by atoms with Crippen molar-refractivity contribution in [1.29, 1.82) is 0 Å². The molecule has 0 heterocycles. The first-order valence-corrected chi connectivity index (χ1v) is 13.4. The van der Waals surface area contributed by atoms with Crippen LogP contribution in [0.1, 0.15) is 22.8 Å². The molecule has 3 N–H and O–H groups in total. The van der Waals surface area contributed by atoms with Gasteiger partial charge in [0.25, 0.3) is 16.0 Å². The zero-order valence-corrected chi connectivity index (χ0v) is 22.4. The minimum atomic E-state index is -4.62. The minimum absolute atomic E-state index is 0.0246. The minimum Gasteiger partial charge on any atom is -0.505 e. The number of nitrogens with zero attached hydrogens (tertiary/aromatic N) is 2. The Morgan fingerprint density at radius 3 is 2.50 bits per heavy atom. The molecule has 0 aliphatic carbocycles. The lowest BCUT2D eigenvalue weighted by molar-refractivity contribution is 0.102. The number of fused-ring (bicyclic) bond motifs is 1. The lowest BCUT2D eigenvalue weighted by atomic mass is 10.0. The highest BCUT2D eigenvalue weighted by atomic mass is 35.5. The van der Waals surface area contributed by atoms with Gasteiger partial charge in [-0.2, -0.15) is 13.5 Å². The van der Waals surface area contributed by atoms with E-state index in [9.17, 15) is 22.9 Å². The van der Waals surface area contributed by atoms with E-state index < -0.39 is 26.7 Å². The maximum Gasteiger partial charge on any atom is 0.296 e. The smallest absolute Gasteiger partial charge is 0.296 e. The monoisotopic (exact) mass is 573 g/mol. The number of phenols is 1. The molecule has 0 atom stereocenters. The Labute approximate surface area is 228 Å². The molecule has 0 fully saturated rings. The second kappa shape index (κ2) is 11.0. The average molecular weight is 574 g/mol.